The first-order chi connectivity index (χ1) is 13.0. The van der Waals surface area contributed by atoms with Gasteiger partial charge in [-0.15, -0.1) is 12.4 Å². The minimum atomic E-state index is -0.662. The van der Waals surface area contributed by atoms with E-state index in [0.29, 0.717) is 11.3 Å². The van der Waals surface area contributed by atoms with Crippen LogP contribution in [0.3, 0.4) is 0 Å². The summed E-state index contributed by atoms with van der Waals surface area (Å²) in [6.07, 6.45) is 5.04. The van der Waals surface area contributed by atoms with Crippen molar-refractivity contribution in [1.29, 1.82) is 0 Å². The fraction of sp³-hybridized carbons (Fsp3) is 0.435. The molecule has 1 aliphatic rings. The monoisotopic (exact) mass is 403 g/mol. The number of nitrogens with zero attached hydrogens (tertiary/aromatic N) is 1. The number of ether oxygens (including phenoxy) is 1. The first-order valence-electron chi connectivity index (χ1n) is 9.72. The Labute approximate surface area is 173 Å². The van der Waals surface area contributed by atoms with Gasteiger partial charge in [-0.3, -0.25) is 0 Å². The van der Waals surface area contributed by atoms with Crippen molar-refractivity contribution in [2.75, 3.05) is 20.6 Å². The number of benzene rings is 2. The first-order valence-corrected chi connectivity index (χ1v) is 9.72. The molecule has 0 aliphatic heterocycles. The van der Waals surface area contributed by atoms with Crippen LogP contribution in [0.25, 0.3) is 0 Å². The minimum Gasteiger partial charge on any atom is -0.423 e. The minimum absolute atomic E-state index is 0. The number of carbonyl (C=O) groups excluding carboxylic acids is 1. The van der Waals surface area contributed by atoms with Crippen molar-refractivity contribution in [3.63, 3.8) is 0 Å². The fourth-order valence-electron chi connectivity index (χ4n) is 3.97. The highest BCUT2D eigenvalue weighted by atomic mass is 35.5. The molecule has 1 atom stereocenters. The molecule has 2 aromatic rings. The quantitative estimate of drug-likeness (QED) is 0.562. The van der Waals surface area contributed by atoms with E-state index in [9.17, 15) is 9.90 Å². The lowest BCUT2D eigenvalue weighted by molar-refractivity contribution is -0.0277. The number of esters is 1. The largest absolute Gasteiger partial charge is 0.423 e. The Kier molecular flexibility index (Phi) is 8.05. The third-order valence-electron chi connectivity index (χ3n) is 5.42. The Balaban J connectivity index is 0.00000280. The number of rotatable bonds is 6. The van der Waals surface area contributed by atoms with Gasteiger partial charge in [-0.05, 0) is 56.8 Å². The summed E-state index contributed by atoms with van der Waals surface area (Å²) in [6.45, 7) is 0.791. The van der Waals surface area contributed by atoms with Crippen LogP contribution in [-0.2, 0) is 0 Å². The second-order valence-electron chi connectivity index (χ2n) is 7.80. The van der Waals surface area contributed by atoms with Gasteiger partial charge in [-0.25, -0.2) is 4.79 Å². The van der Waals surface area contributed by atoms with E-state index in [4.69, 9.17) is 4.74 Å². The Morgan fingerprint density at radius 2 is 1.64 bits per heavy atom. The van der Waals surface area contributed by atoms with Gasteiger partial charge in [0.15, 0.2) is 0 Å². The second-order valence-corrected chi connectivity index (χ2v) is 7.80. The van der Waals surface area contributed by atoms with E-state index in [0.717, 1.165) is 37.8 Å². The maximum atomic E-state index is 12.2. The van der Waals surface area contributed by atoms with E-state index >= 15 is 0 Å². The number of hydrogen-bond acceptors (Lipinski definition) is 4. The molecule has 152 valence electrons. The predicted octanol–water partition coefficient (Wildman–Crippen LogP) is 4.67. The van der Waals surface area contributed by atoms with Crippen LogP contribution < -0.4 is 4.74 Å². The molecule has 0 aromatic heterocycles. The lowest BCUT2D eigenvalue weighted by Crippen LogP contribution is -2.42. The molecule has 0 bridgehead atoms. The third-order valence-corrected chi connectivity index (χ3v) is 5.42. The van der Waals surface area contributed by atoms with Gasteiger partial charge in [0, 0.05) is 12.5 Å². The van der Waals surface area contributed by atoms with E-state index in [1.807, 2.05) is 56.6 Å². The van der Waals surface area contributed by atoms with Crippen molar-refractivity contribution in [2.24, 2.45) is 0 Å². The van der Waals surface area contributed by atoms with Crippen LogP contribution in [0.4, 0.5) is 0 Å². The Morgan fingerprint density at radius 1 is 1.04 bits per heavy atom. The molecule has 3 rings (SSSR count). The molecular weight excluding hydrogens is 374 g/mol. The number of carbonyl (C=O) groups is 1. The summed E-state index contributed by atoms with van der Waals surface area (Å²) in [5, 5.41) is 11.3. The van der Waals surface area contributed by atoms with Crippen LogP contribution in [-0.4, -0.2) is 42.2 Å². The van der Waals surface area contributed by atoms with Gasteiger partial charge in [-0.2, -0.15) is 0 Å². The Hall–Kier alpha value is -1.88. The first kappa shape index (κ1) is 22.4. The molecule has 1 N–H and O–H groups in total. The summed E-state index contributed by atoms with van der Waals surface area (Å²) in [4.78, 5) is 14.3. The van der Waals surface area contributed by atoms with Gasteiger partial charge in [0.05, 0.1) is 11.2 Å². The lowest BCUT2D eigenvalue weighted by atomic mass is 9.72. The summed E-state index contributed by atoms with van der Waals surface area (Å²) in [5.74, 6) is 0.206. The van der Waals surface area contributed by atoms with Crippen LogP contribution in [0.1, 0.15) is 53.9 Å². The highest BCUT2D eigenvalue weighted by Gasteiger charge is 2.38. The molecule has 1 fully saturated rings. The number of halogens is 1. The van der Waals surface area contributed by atoms with Crippen LogP contribution in [0.15, 0.2) is 54.6 Å². The van der Waals surface area contributed by atoms with Gasteiger partial charge in [0.1, 0.15) is 5.75 Å². The van der Waals surface area contributed by atoms with Crippen molar-refractivity contribution < 1.29 is 14.6 Å². The van der Waals surface area contributed by atoms with Gasteiger partial charge in [0.25, 0.3) is 0 Å². The number of likely N-dealkylation sites (N-methyl/N-ethyl adjacent to an activating group) is 1. The van der Waals surface area contributed by atoms with Gasteiger partial charge in [0.2, 0.25) is 0 Å². The molecule has 0 spiro atoms. The zero-order chi connectivity index (χ0) is 19.3. The molecule has 1 aliphatic carbocycles. The van der Waals surface area contributed by atoms with Crippen molar-refractivity contribution >= 4 is 18.4 Å². The smallest absolute Gasteiger partial charge is 0.343 e. The molecule has 5 heteroatoms. The van der Waals surface area contributed by atoms with Crippen molar-refractivity contribution in [1.82, 2.24) is 4.90 Å². The summed E-state index contributed by atoms with van der Waals surface area (Å²) >= 11 is 0. The van der Waals surface area contributed by atoms with Crippen LogP contribution in [0.5, 0.6) is 5.75 Å². The zero-order valence-electron chi connectivity index (χ0n) is 16.6. The SMILES string of the molecule is CN(C)CC(c1ccc(OC(=O)c2ccccc2)cc1)C1(O)CCCCC1.Cl. The Morgan fingerprint density at radius 3 is 2.21 bits per heavy atom. The van der Waals surface area contributed by atoms with Crippen LogP contribution in [0, 0.1) is 0 Å². The van der Waals surface area contributed by atoms with Gasteiger partial charge in [-0.1, -0.05) is 49.6 Å². The highest BCUT2D eigenvalue weighted by molar-refractivity contribution is 5.90. The molecule has 4 nitrogen and oxygen atoms in total. The Bertz CT molecular complexity index is 740. The second kappa shape index (κ2) is 10.1. The lowest BCUT2D eigenvalue weighted by Gasteiger charge is -2.40. The standard InChI is InChI=1S/C23H29NO3.ClH/c1-24(2)17-21(23(26)15-7-4-8-16-23)18-11-13-20(14-12-18)27-22(25)19-9-5-3-6-10-19;/h3,5-6,9-14,21,26H,4,7-8,15-17H2,1-2H3;1H. The molecule has 0 saturated heterocycles. The van der Waals surface area contributed by atoms with Crippen LogP contribution >= 0.6 is 12.4 Å². The maximum absolute atomic E-state index is 12.2. The van der Waals surface area contributed by atoms with Crippen molar-refractivity contribution in [3.05, 3.63) is 65.7 Å². The summed E-state index contributed by atoms with van der Waals surface area (Å²) in [7, 11) is 4.07. The van der Waals surface area contributed by atoms with Crippen molar-refractivity contribution in [3.8, 4) is 5.75 Å². The van der Waals surface area contributed by atoms with Gasteiger partial charge >= 0.3 is 5.97 Å². The topological polar surface area (TPSA) is 49.8 Å². The summed E-state index contributed by atoms with van der Waals surface area (Å²) in [5.41, 5.74) is 0.960. The molecule has 2 aromatic carbocycles. The fourth-order valence-corrected chi connectivity index (χ4v) is 3.97. The summed E-state index contributed by atoms with van der Waals surface area (Å²) in [6, 6.07) is 16.6. The summed E-state index contributed by atoms with van der Waals surface area (Å²) < 4.78 is 5.48. The molecule has 1 saturated carbocycles. The molecular formula is C23H30ClNO3. The van der Waals surface area contributed by atoms with E-state index in [2.05, 4.69) is 4.90 Å². The average Bonchev–Trinajstić information content (AvgIpc) is 2.68. The van der Waals surface area contributed by atoms with Crippen LogP contribution in [0.2, 0.25) is 0 Å². The molecule has 0 amide bonds. The van der Waals surface area contributed by atoms with E-state index < -0.39 is 5.60 Å². The molecule has 0 radical (unpaired) electrons. The number of hydrogen-bond donors (Lipinski definition) is 1. The van der Waals surface area contributed by atoms with E-state index in [1.165, 1.54) is 6.42 Å². The van der Waals surface area contributed by atoms with E-state index in [1.54, 1.807) is 12.1 Å². The van der Waals surface area contributed by atoms with E-state index in [-0.39, 0.29) is 24.3 Å². The normalized spacial score (nSPS) is 16.9. The average molecular weight is 404 g/mol. The van der Waals surface area contributed by atoms with Gasteiger partial charge < -0.3 is 14.7 Å². The molecule has 28 heavy (non-hydrogen) atoms. The van der Waals surface area contributed by atoms with Crippen molar-refractivity contribution in [2.45, 2.75) is 43.6 Å². The highest BCUT2D eigenvalue weighted by Crippen LogP contribution is 2.40. The number of aliphatic hydroxyl groups is 1. The molecule has 1 unspecified atom stereocenters. The molecule has 0 heterocycles. The zero-order valence-corrected chi connectivity index (χ0v) is 17.5. The third kappa shape index (κ3) is 5.57. The predicted molar refractivity (Wildman–Crippen MR) is 114 cm³/mol. The maximum Gasteiger partial charge on any atom is 0.343 e.